The van der Waals surface area contributed by atoms with Crippen LogP contribution in [0.1, 0.15) is 24.2 Å². The molecule has 0 fully saturated rings. The molecule has 0 aliphatic carbocycles. The van der Waals surface area contributed by atoms with Gasteiger partial charge in [-0.1, -0.05) is 0 Å². The maximum Gasteiger partial charge on any atom is 0.251 e. The molecular weight excluding hydrogens is 259 g/mol. The normalized spacial score (nSPS) is 12.2. The lowest BCUT2D eigenvalue weighted by Gasteiger charge is -2.22. The first-order chi connectivity index (χ1) is 8.13. The van der Waals surface area contributed by atoms with Gasteiger partial charge in [0.2, 0.25) is 5.95 Å². The highest BCUT2D eigenvalue weighted by Gasteiger charge is 2.30. The molecule has 1 amide bonds. The molecule has 0 aliphatic heterocycles. The molecule has 7 heteroatoms. The van der Waals surface area contributed by atoms with Crippen molar-refractivity contribution in [2.45, 2.75) is 18.6 Å². The second kappa shape index (κ2) is 5.01. The Morgan fingerprint density at radius 2 is 2.11 bits per heavy atom. The summed E-state index contributed by atoms with van der Waals surface area (Å²) in [6, 6.07) is 2.34. The van der Waals surface area contributed by atoms with Gasteiger partial charge in [-0.25, -0.2) is 13.4 Å². The molecule has 0 saturated heterocycles. The molecule has 0 saturated carbocycles. The predicted octanol–water partition coefficient (Wildman–Crippen LogP) is 0.774. The smallest absolute Gasteiger partial charge is 0.251 e. The lowest BCUT2D eigenvalue weighted by atomic mass is 10.2. The van der Waals surface area contributed by atoms with Crippen LogP contribution >= 0.6 is 0 Å². The van der Waals surface area contributed by atoms with Crippen LogP contribution in [-0.2, 0) is 9.84 Å². The highest BCUT2D eigenvalue weighted by Crippen LogP contribution is 2.13. The Hall–Kier alpha value is -1.50. The van der Waals surface area contributed by atoms with Crippen molar-refractivity contribution >= 4 is 15.7 Å². The number of hydrogen-bond acceptors (Lipinski definition) is 4. The molecule has 0 spiro atoms. The summed E-state index contributed by atoms with van der Waals surface area (Å²) in [5.74, 6) is -1.29. The third kappa shape index (κ3) is 3.49. The number of carbonyl (C=O) groups is 1. The van der Waals surface area contributed by atoms with Crippen LogP contribution < -0.4 is 5.32 Å². The molecular formula is C11H15FN2O3S. The van der Waals surface area contributed by atoms with Gasteiger partial charge in [-0.2, -0.15) is 4.39 Å². The van der Waals surface area contributed by atoms with Gasteiger partial charge in [0.15, 0.2) is 9.84 Å². The molecule has 1 rings (SSSR count). The molecule has 1 aromatic heterocycles. The Labute approximate surface area is 105 Å². The number of hydrogen-bond donors (Lipinski definition) is 1. The highest BCUT2D eigenvalue weighted by molar-refractivity contribution is 7.92. The molecule has 0 aliphatic rings. The van der Waals surface area contributed by atoms with Crippen LogP contribution in [0.25, 0.3) is 0 Å². The number of rotatable bonds is 4. The van der Waals surface area contributed by atoms with Gasteiger partial charge in [0.25, 0.3) is 5.91 Å². The van der Waals surface area contributed by atoms with Crippen molar-refractivity contribution in [2.24, 2.45) is 0 Å². The number of nitrogens with one attached hydrogen (secondary N) is 1. The maximum atomic E-state index is 12.8. The van der Waals surface area contributed by atoms with Crippen molar-refractivity contribution in [1.29, 1.82) is 0 Å². The number of amides is 1. The van der Waals surface area contributed by atoms with Crippen molar-refractivity contribution in [3.05, 3.63) is 29.8 Å². The zero-order valence-electron chi connectivity index (χ0n) is 10.4. The number of sulfone groups is 1. The van der Waals surface area contributed by atoms with Gasteiger partial charge in [-0.3, -0.25) is 4.79 Å². The standard InChI is InChI=1S/C11H15FN2O3S/c1-11(2,18(3,16)17)7-14-10(15)8-4-5-13-9(12)6-8/h4-6H,7H2,1-3H3,(H,14,15). The summed E-state index contributed by atoms with van der Waals surface area (Å²) in [7, 11) is -3.29. The van der Waals surface area contributed by atoms with Gasteiger partial charge >= 0.3 is 0 Å². The summed E-state index contributed by atoms with van der Waals surface area (Å²) in [5, 5.41) is 2.46. The summed E-state index contributed by atoms with van der Waals surface area (Å²) in [4.78, 5) is 15.0. The number of halogens is 1. The van der Waals surface area contributed by atoms with Crippen molar-refractivity contribution in [3.63, 3.8) is 0 Å². The van der Waals surface area contributed by atoms with E-state index in [1.54, 1.807) is 0 Å². The molecule has 5 nitrogen and oxygen atoms in total. The van der Waals surface area contributed by atoms with Crippen LogP contribution in [0.2, 0.25) is 0 Å². The topological polar surface area (TPSA) is 76.1 Å². The van der Waals surface area contributed by atoms with E-state index < -0.39 is 26.4 Å². The van der Waals surface area contributed by atoms with Crippen molar-refractivity contribution in [1.82, 2.24) is 10.3 Å². The van der Waals surface area contributed by atoms with Crippen LogP contribution in [-0.4, -0.2) is 36.9 Å². The van der Waals surface area contributed by atoms with E-state index in [-0.39, 0.29) is 12.1 Å². The molecule has 100 valence electrons. The summed E-state index contributed by atoms with van der Waals surface area (Å²) in [5.41, 5.74) is 0.104. The average Bonchev–Trinajstić information content (AvgIpc) is 2.24. The minimum absolute atomic E-state index is 0.0470. The summed E-state index contributed by atoms with van der Waals surface area (Å²) < 4.78 is 34.6. The second-order valence-corrected chi connectivity index (χ2v) is 7.23. The number of carbonyl (C=O) groups excluding carboxylic acids is 1. The lowest BCUT2D eigenvalue weighted by Crippen LogP contribution is -2.43. The predicted molar refractivity (Wildman–Crippen MR) is 65.5 cm³/mol. The largest absolute Gasteiger partial charge is 0.350 e. The quantitative estimate of drug-likeness (QED) is 0.823. The highest BCUT2D eigenvalue weighted by atomic mass is 32.2. The Kier molecular flexibility index (Phi) is 4.05. The fraction of sp³-hybridized carbons (Fsp3) is 0.455. The van der Waals surface area contributed by atoms with E-state index in [2.05, 4.69) is 10.3 Å². The van der Waals surface area contributed by atoms with E-state index in [1.807, 2.05) is 0 Å². The van der Waals surface area contributed by atoms with E-state index >= 15 is 0 Å². The molecule has 1 N–H and O–H groups in total. The van der Waals surface area contributed by atoms with E-state index in [0.29, 0.717) is 0 Å². The van der Waals surface area contributed by atoms with E-state index in [9.17, 15) is 17.6 Å². The SMILES string of the molecule is CC(C)(CNC(=O)c1ccnc(F)c1)S(C)(=O)=O. The zero-order valence-corrected chi connectivity index (χ0v) is 11.2. The first kappa shape index (κ1) is 14.6. The Morgan fingerprint density at radius 1 is 1.50 bits per heavy atom. The van der Waals surface area contributed by atoms with Crippen LogP contribution in [0, 0.1) is 5.95 Å². The Bertz CT molecular complexity index is 555. The monoisotopic (exact) mass is 274 g/mol. The third-order valence-corrected chi connectivity index (χ3v) is 4.82. The van der Waals surface area contributed by atoms with Crippen LogP contribution in [0.3, 0.4) is 0 Å². The number of aromatic nitrogens is 1. The van der Waals surface area contributed by atoms with Crippen molar-refractivity contribution in [2.75, 3.05) is 12.8 Å². The molecule has 1 aromatic rings. The van der Waals surface area contributed by atoms with Gasteiger partial charge in [0.05, 0.1) is 4.75 Å². The Morgan fingerprint density at radius 3 is 2.61 bits per heavy atom. The van der Waals surface area contributed by atoms with Gasteiger partial charge in [-0.05, 0) is 19.9 Å². The molecule has 0 unspecified atom stereocenters. The van der Waals surface area contributed by atoms with E-state index in [4.69, 9.17) is 0 Å². The molecule has 1 heterocycles. The molecule has 0 aromatic carbocycles. The van der Waals surface area contributed by atoms with Gasteiger partial charge in [0.1, 0.15) is 0 Å². The summed E-state index contributed by atoms with van der Waals surface area (Å²) in [6.45, 7) is 2.97. The van der Waals surface area contributed by atoms with Crippen LogP contribution in [0.15, 0.2) is 18.3 Å². The van der Waals surface area contributed by atoms with Crippen molar-refractivity contribution in [3.8, 4) is 0 Å². The maximum absolute atomic E-state index is 12.8. The minimum atomic E-state index is -3.29. The lowest BCUT2D eigenvalue weighted by molar-refractivity contribution is 0.0950. The Balaban J connectivity index is 2.74. The fourth-order valence-electron chi connectivity index (χ4n) is 1.07. The van der Waals surface area contributed by atoms with Crippen molar-refractivity contribution < 1.29 is 17.6 Å². The zero-order chi connectivity index (χ0) is 14.0. The van der Waals surface area contributed by atoms with Gasteiger partial charge in [-0.15, -0.1) is 0 Å². The first-order valence-electron chi connectivity index (χ1n) is 5.23. The van der Waals surface area contributed by atoms with Crippen LogP contribution in [0.4, 0.5) is 4.39 Å². The molecule has 0 atom stereocenters. The fourth-order valence-corrected chi connectivity index (χ4v) is 1.40. The summed E-state index contributed by atoms with van der Waals surface area (Å²) in [6.07, 6.45) is 2.28. The summed E-state index contributed by atoms with van der Waals surface area (Å²) >= 11 is 0. The molecule has 0 radical (unpaired) electrons. The third-order valence-electron chi connectivity index (χ3n) is 2.67. The minimum Gasteiger partial charge on any atom is -0.350 e. The molecule has 18 heavy (non-hydrogen) atoms. The molecule has 0 bridgehead atoms. The first-order valence-corrected chi connectivity index (χ1v) is 7.12. The van der Waals surface area contributed by atoms with Gasteiger partial charge in [0, 0.05) is 30.6 Å². The second-order valence-electron chi connectivity index (χ2n) is 4.58. The van der Waals surface area contributed by atoms with Crippen LogP contribution in [0.5, 0.6) is 0 Å². The average molecular weight is 274 g/mol. The number of pyridine rings is 1. The number of nitrogens with zero attached hydrogens (tertiary/aromatic N) is 1. The van der Waals surface area contributed by atoms with Gasteiger partial charge < -0.3 is 5.32 Å². The van der Waals surface area contributed by atoms with E-state index in [0.717, 1.165) is 12.3 Å². The van der Waals surface area contributed by atoms with E-state index in [1.165, 1.54) is 26.1 Å².